The zero-order valence-corrected chi connectivity index (χ0v) is 11.6. The summed E-state index contributed by atoms with van der Waals surface area (Å²) in [5.41, 5.74) is 3.52. The summed E-state index contributed by atoms with van der Waals surface area (Å²) in [5, 5.41) is 2.15. The number of rotatable bonds is 3. The van der Waals surface area contributed by atoms with Crippen molar-refractivity contribution in [1.82, 2.24) is 14.5 Å². The molecule has 0 amide bonds. The van der Waals surface area contributed by atoms with Crippen molar-refractivity contribution in [2.45, 2.75) is 19.9 Å². The molecule has 0 aliphatic heterocycles. The Bertz CT molecular complexity index is 736. The zero-order valence-electron chi connectivity index (χ0n) is 10.0. The number of nitrogens with one attached hydrogen (secondary N) is 1. The highest BCUT2D eigenvalue weighted by atomic mass is 32.1. The minimum atomic E-state index is 0.758. The fourth-order valence-corrected chi connectivity index (χ4v) is 3.37. The van der Waals surface area contributed by atoms with Crippen LogP contribution in [-0.4, -0.2) is 14.5 Å². The van der Waals surface area contributed by atoms with Crippen LogP contribution in [0.25, 0.3) is 11.0 Å². The Morgan fingerprint density at radius 2 is 2.33 bits per heavy atom. The Kier molecular flexibility index (Phi) is 3.01. The van der Waals surface area contributed by atoms with Crippen molar-refractivity contribution in [2.75, 3.05) is 0 Å². The van der Waals surface area contributed by atoms with Gasteiger partial charge in [-0.05, 0) is 41.7 Å². The van der Waals surface area contributed by atoms with Crippen LogP contribution in [0.4, 0.5) is 0 Å². The lowest BCUT2D eigenvalue weighted by Gasteiger charge is -2.04. The van der Waals surface area contributed by atoms with Crippen molar-refractivity contribution in [3.05, 3.63) is 45.1 Å². The van der Waals surface area contributed by atoms with Crippen LogP contribution >= 0.6 is 23.6 Å². The quantitative estimate of drug-likeness (QED) is 0.738. The average Bonchev–Trinajstić information content (AvgIpc) is 2.95. The van der Waals surface area contributed by atoms with Crippen molar-refractivity contribution in [1.29, 1.82) is 0 Å². The number of nitrogens with zero attached hydrogens (tertiary/aromatic N) is 2. The summed E-state index contributed by atoms with van der Waals surface area (Å²) in [5.74, 6) is 0. The number of pyridine rings is 1. The molecule has 0 aliphatic carbocycles. The molecule has 3 aromatic rings. The van der Waals surface area contributed by atoms with Gasteiger partial charge in [-0.25, -0.2) is 0 Å². The zero-order chi connectivity index (χ0) is 12.5. The van der Waals surface area contributed by atoms with E-state index in [2.05, 4.69) is 32.9 Å². The van der Waals surface area contributed by atoms with E-state index < -0.39 is 0 Å². The van der Waals surface area contributed by atoms with Crippen molar-refractivity contribution in [3.8, 4) is 0 Å². The van der Waals surface area contributed by atoms with Crippen LogP contribution < -0.4 is 0 Å². The average molecular weight is 275 g/mol. The van der Waals surface area contributed by atoms with E-state index in [4.69, 9.17) is 12.2 Å². The molecule has 0 atom stereocenters. The Balaban J connectivity index is 2.10. The lowest BCUT2D eigenvalue weighted by molar-refractivity contribution is 0.814. The van der Waals surface area contributed by atoms with Gasteiger partial charge in [-0.1, -0.05) is 6.92 Å². The lowest BCUT2D eigenvalue weighted by Crippen LogP contribution is -1.99. The molecule has 3 aromatic heterocycles. The number of H-pyrrole nitrogens is 1. The molecule has 0 spiro atoms. The molecule has 0 saturated heterocycles. The Morgan fingerprint density at radius 3 is 3.17 bits per heavy atom. The van der Waals surface area contributed by atoms with E-state index in [0.717, 1.165) is 28.8 Å². The van der Waals surface area contributed by atoms with Gasteiger partial charge in [0.25, 0.3) is 0 Å². The fraction of sp³-hybridized carbons (Fsp3) is 0.231. The number of thiophene rings is 1. The Hall–Kier alpha value is -1.46. The first-order valence-corrected chi connectivity index (χ1v) is 7.16. The molecule has 92 valence electrons. The van der Waals surface area contributed by atoms with Gasteiger partial charge in [0.2, 0.25) is 0 Å². The summed E-state index contributed by atoms with van der Waals surface area (Å²) in [6, 6.07) is 4.20. The van der Waals surface area contributed by atoms with Crippen molar-refractivity contribution >= 4 is 34.6 Å². The van der Waals surface area contributed by atoms with E-state index in [0.29, 0.717) is 0 Å². The van der Waals surface area contributed by atoms with Gasteiger partial charge in [0, 0.05) is 11.1 Å². The molecule has 0 aromatic carbocycles. The SMILES string of the molecule is CCc1ccsc1Cn1c(=S)[nH]c2cnccc21. The normalized spacial score (nSPS) is 11.2. The van der Waals surface area contributed by atoms with E-state index in [1.54, 1.807) is 17.5 Å². The Morgan fingerprint density at radius 1 is 1.44 bits per heavy atom. The molecule has 0 bridgehead atoms. The van der Waals surface area contributed by atoms with Gasteiger partial charge < -0.3 is 9.55 Å². The predicted octanol–water partition coefficient (Wildman–Crippen LogP) is 3.77. The third-order valence-corrected chi connectivity index (χ3v) is 4.37. The van der Waals surface area contributed by atoms with Crippen LogP contribution in [0.3, 0.4) is 0 Å². The second-order valence-corrected chi connectivity index (χ2v) is 5.52. The minimum Gasteiger partial charge on any atom is -0.329 e. The maximum atomic E-state index is 5.39. The number of fused-ring (bicyclic) bond motifs is 1. The number of aromatic nitrogens is 3. The first kappa shape index (κ1) is 11.6. The number of imidazole rings is 1. The highest BCUT2D eigenvalue weighted by Gasteiger charge is 2.08. The molecule has 0 aliphatic rings. The summed E-state index contributed by atoms with van der Waals surface area (Å²) < 4.78 is 2.89. The van der Waals surface area contributed by atoms with Crippen molar-refractivity contribution < 1.29 is 0 Å². The largest absolute Gasteiger partial charge is 0.329 e. The smallest absolute Gasteiger partial charge is 0.178 e. The van der Waals surface area contributed by atoms with Crippen LogP contribution in [0.5, 0.6) is 0 Å². The summed E-state index contributed by atoms with van der Waals surface area (Å²) in [6.07, 6.45) is 4.68. The molecule has 0 radical (unpaired) electrons. The molecule has 3 nitrogen and oxygen atoms in total. The third kappa shape index (κ3) is 1.89. The molecule has 3 heterocycles. The van der Waals surface area contributed by atoms with E-state index >= 15 is 0 Å². The van der Waals surface area contributed by atoms with Gasteiger partial charge in [0.05, 0.1) is 23.8 Å². The number of hydrogen-bond donors (Lipinski definition) is 1. The second kappa shape index (κ2) is 4.66. The molecule has 5 heteroatoms. The number of aryl methyl sites for hydroxylation is 1. The second-order valence-electron chi connectivity index (χ2n) is 4.13. The summed E-state index contributed by atoms with van der Waals surface area (Å²) in [6.45, 7) is 3.02. The van der Waals surface area contributed by atoms with Crippen LogP contribution in [0.15, 0.2) is 29.9 Å². The van der Waals surface area contributed by atoms with Crippen LogP contribution in [0, 0.1) is 4.77 Å². The monoisotopic (exact) mass is 275 g/mol. The first-order chi connectivity index (χ1) is 8.79. The van der Waals surface area contributed by atoms with E-state index in [-0.39, 0.29) is 0 Å². The number of aromatic amines is 1. The molecule has 18 heavy (non-hydrogen) atoms. The standard InChI is InChI=1S/C13H13N3S2/c1-2-9-4-6-18-12(9)8-16-11-3-5-14-7-10(11)15-13(16)17/h3-7H,2,8H2,1H3,(H,15,17). The highest BCUT2D eigenvalue weighted by molar-refractivity contribution is 7.71. The van der Waals surface area contributed by atoms with Gasteiger partial charge in [-0.15, -0.1) is 11.3 Å². The number of hydrogen-bond acceptors (Lipinski definition) is 3. The Labute approximate surface area is 114 Å². The van der Waals surface area contributed by atoms with E-state index in [1.165, 1.54) is 10.4 Å². The predicted molar refractivity (Wildman–Crippen MR) is 77.7 cm³/mol. The molecule has 3 rings (SSSR count). The summed E-state index contributed by atoms with van der Waals surface area (Å²) >= 11 is 7.18. The molecule has 0 fully saturated rings. The highest BCUT2D eigenvalue weighted by Crippen LogP contribution is 2.21. The van der Waals surface area contributed by atoms with Gasteiger partial charge in [-0.2, -0.15) is 0 Å². The van der Waals surface area contributed by atoms with Crippen molar-refractivity contribution in [2.24, 2.45) is 0 Å². The third-order valence-electron chi connectivity index (χ3n) is 3.10. The minimum absolute atomic E-state index is 0.758. The lowest BCUT2D eigenvalue weighted by atomic mass is 10.2. The molecular formula is C13H13N3S2. The summed E-state index contributed by atoms with van der Waals surface area (Å²) in [7, 11) is 0. The fourth-order valence-electron chi connectivity index (χ4n) is 2.13. The maximum Gasteiger partial charge on any atom is 0.178 e. The van der Waals surface area contributed by atoms with Crippen LogP contribution in [0.2, 0.25) is 0 Å². The molecule has 1 N–H and O–H groups in total. The molecular weight excluding hydrogens is 262 g/mol. The first-order valence-electron chi connectivity index (χ1n) is 5.87. The van der Waals surface area contributed by atoms with Crippen LogP contribution in [0.1, 0.15) is 17.4 Å². The van der Waals surface area contributed by atoms with E-state index in [1.807, 2.05) is 12.3 Å². The van der Waals surface area contributed by atoms with Gasteiger partial charge in [0.1, 0.15) is 0 Å². The molecule has 0 saturated carbocycles. The molecule has 0 unspecified atom stereocenters. The van der Waals surface area contributed by atoms with Crippen molar-refractivity contribution in [3.63, 3.8) is 0 Å². The van der Waals surface area contributed by atoms with Gasteiger partial charge in [-0.3, -0.25) is 4.98 Å². The van der Waals surface area contributed by atoms with Crippen LogP contribution in [-0.2, 0) is 13.0 Å². The summed E-state index contributed by atoms with van der Waals surface area (Å²) in [4.78, 5) is 8.69. The van der Waals surface area contributed by atoms with Gasteiger partial charge in [0.15, 0.2) is 4.77 Å². The topological polar surface area (TPSA) is 33.6 Å². The van der Waals surface area contributed by atoms with E-state index in [9.17, 15) is 0 Å². The van der Waals surface area contributed by atoms with Gasteiger partial charge >= 0.3 is 0 Å². The maximum absolute atomic E-state index is 5.39.